The predicted octanol–water partition coefficient (Wildman–Crippen LogP) is 5.79. The first-order valence-corrected chi connectivity index (χ1v) is 12.9. The number of rotatable bonds is 11. The van der Waals surface area contributed by atoms with Crippen LogP contribution in [0.2, 0.25) is 0 Å². The Balaban J connectivity index is 1.35. The minimum atomic E-state index is -4.76. The Morgan fingerprint density at radius 3 is 2.23 bits per heavy atom. The summed E-state index contributed by atoms with van der Waals surface area (Å²) in [4.78, 5) is 23.1. The van der Waals surface area contributed by atoms with Crippen molar-refractivity contribution in [3.8, 4) is 5.75 Å². The second kappa shape index (κ2) is 12.6. The zero-order valence-electron chi connectivity index (χ0n) is 21.1. The molecular weight excluding hydrogens is 547 g/mol. The van der Waals surface area contributed by atoms with Crippen molar-refractivity contribution in [2.75, 3.05) is 22.0 Å². The molecule has 0 radical (unpaired) electrons. The molecular formula is C27H24F3N5O4S. The molecule has 1 aromatic heterocycles. The Morgan fingerprint density at radius 1 is 0.975 bits per heavy atom. The Bertz CT molecular complexity index is 1490. The lowest BCUT2D eigenvalue weighted by Crippen LogP contribution is -2.17. The first kappa shape index (κ1) is 28.5. The fourth-order valence-corrected chi connectivity index (χ4v) is 4.11. The molecule has 1 unspecified atom stereocenters. The molecule has 0 fully saturated rings. The number of halogens is 3. The highest BCUT2D eigenvalue weighted by Crippen LogP contribution is 2.25. The molecule has 0 aliphatic carbocycles. The highest BCUT2D eigenvalue weighted by Gasteiger charge is 2.31. The maximum atomic E-state index is 12.5. The number of ketones is 1. The SMILES string of the molecule is CN(c1ccc(CC(=O)Cc2ccc(OC(F)(F)F)cc2)cc1)c1ccnc(Nc2cccc(NS(=O)O)c2)n1. The molecule has 4 rings (SSSR count). The zero-order chi connectivity index (χ0) is 28.7. The molecule has 1 heterocycles. The van der Waals surface area contributed by atoms with Gasteiger partial charge in [-0.25, -0.2) is 9.19 Å². The van der Waals surface area contributed by atoms with Gasteiger partial charge in [-0.05, 0) is 59.7 Å². The van der Waals surface area contributed by atoms with Crippen molar-refractivity contribution in [1.82, 2.24) is 9.97 Å². The Morgan fingerprint density at radius 2 is 1.60 bits per heavy atom. The number of alkyl halides is 3. The molecule has 13 heteroatoms. The van der Waals surface area contributed by atoms with Gasteiger partial charge in [-0.15, -0.1) is 13.2 Å². The molecule has 0 bridgehead atoms. The number of anilines is 5. The van der Waals surface area contributed by atoms with Crippen LogP contribution in [-0.2, 0) is 28.9 Å². The van der Waals surface area contributed by atoms with Crippen LogP contribution in [0.1, 0.15) is 11.1 Å². The van der Waals surface area contributed by atoms with Gasteiger partial charge in [-0.2, -0.15) is 4.98 Å². The summed E-state index contributed by atoms with van der Waals surface area (Å²) in [6.07, 6.45) is -2.91. The van der Waals surface area contributed by atoms with Gasteiger partial charge in [0, 0.05) is 37.5 Å². The number of carbonyl (C=O) groups is 1. The first-order chi connectivity index (χ1) is 19.0. The zero-order valence-corrected chi connectivity index (χ0v) is 21.9. The first-order valence-electron chi connectivity index (χ1n) is 11.8. The van der Waals surface area contributed by atoms with E-state index < -0.39 is 17.6 Å². The van der Waals surface area contributed by atoms with Crippen LogP contribution in [0.25, 0.3) is 0 Å². The number of hydrogen-bond donors (Lipinski definition) is 3. The highest BCUT2D eigenvalue weighted by atomic mass is 32.2. The monoisotopic (exact) mass is 571 g/mol. The van der Waals surface area contributed by atoms with E-state index in [1.807, 2.05) is 36.2 Å². The standard InChI is InChI=1S/C27H24F3N5O4S/c1-35(25-13-14-31-26(33-25)32-20-3-2-4-21(17-20)34-40(37)38)22-9-5-18(6-10-22)15-23(36)16-19-7-11-24(12-8-19)39-27(28,29)30/h2-14,17,34H,15-16H2,1H3,(H,37,38)(H,31,32,33). The number of Topliss-reactive ketones (excluding diaryl/α,β-unsaturated/α-hetero) is 1. The van der Waals surface area contributed by atoms with Crippen LogP contribution < -0.4 is 19.7 Å². The average Bonchev–Trinajstić information content (AvgIpc) is 2.89. The molecule has 1 atom stereocenters. The fourth-order valence-electron chi connectivity index (χ4n) is 3.78. The van der Waals surface area contributed by atoms with E-state index in [-0.39, 0.29) is 24.4 Å². The van der Waals surface area contributed by atoms with E-state index in [0.29, 0.717) is 28.7 Å². The van der Waals surface area contributed by atoms with Gasteiger partial charge in [0.2, 0.25) is 5.95 Å². The molecule has 40 heavy (non-hydrogen) atoms. The molecule has 9 nitrogen and oxygen atoms in total. The summed E-state index contributed by atoms with van der Waals surface area (Å²) in [5.74, 6) is 0.511. The van der Waals surface area contributed by atoms with Gasteiger partial charge in [-0.1, -0.05) is 30.3 Å². The molecule has 0 saturated carbocycles. The quantitative estimate of drug-likeness (QED) is 0.194. The van der Waals surface area contributed by atoms with Crippen LogP contribution in [-0.4, -0.2) is 37.9 Å². The largest absolute Gasteiger partial charge is 0.573 e. The molecule has 4 aromatic rings. The average molecular weight is 572 g/mol. The molecule has 0 aliphatic rings. The third kappa shape index (κ3) is 8.51. The van der Waals surface area contributed by atoms with E-state index in [0.717, 1.165) is 11.3 Å². The number of hydrogen-bond acceptors (Lipinski definition) is 7. The van der Waals surface area contributed by atoms with Crippen LogP contribution in [0.15, 0.2) is 85.1 Å². The number of benzene rings is 3. The van der Waals surface area contributed by atoms with Gasteiger partial charge >= 0.3 is 6.36 Å². The van der Waals surface area contributed by atoms with Crippen molar-refractivity contribution in [2.45, 2.75) is 19.2 Å². The van der Waals surface area contributed by atoms with Gasteiger partial charge in [0.25, 0.3) is 11.3 Å². The van der Waals surface area contributed by atoms with Crippen molar-refractivity contribution in [1.29, 1.82) is 0 Å². The lowest BCUT2D eigenvalue weighted by molar-refractivity contribution is -0.274. The molecule has 3 aromatic carbocycles. The second-order valence-electron chi connectivity index (χ2n) is 8.60. The smallest absolute Gasteiger partial charge is 0.406 e. The lowest BCUT2D eigenvalue weighted by atomic mass is 10.0. The Kier molecular flexibility index (Phi) is 8.97. The molecule has 3 N–H and O–H groups in total. The number of carbonyl (C=O) groups excluding carboxylic acids is 1. The van der Waals surface area contributed by atoms with Crippen molar-refractivity contribution < 1.29 is 31.5 Å². The van der Waals surface area contributed by atoms with Crippen LogP contribution in [0.3, 0.4) is 0 Å². The third-order valence-corrected chi connectivity index (χ3v) is 6.00. The van der Waals surface area contributed by atoms with Gasteiger partial charge in [0.05, 0.1) is 5.69 Å². The normalized spacial score (nSPS) is 11.9. The maximum Gasteiger partial charge on any atom is 0.573 e. The molecule has 0 spiro atoms. The fraction of sp³-hybridized carbons (Fsp3) is 0.148. The van der Waals surface area contributed by atoms with Crippen LogP contribution in [0.4, 0.5) is 42.0 Å². The second-order valence-corrected chi connectivity index (χ2v) is 9.31. The maximum absolute atomic E-state index is 12.5. The van der Waals surface area contributed by atoms with Gasteiger partial charge in [0.1, 0.15) is 17.4 Å². The predicted molar refractivity (Wildman–Crippen MR) is 146 cm³/mol. The van der Waals surface area contributed by atoms with Crippen LogP contribution >= 0.6 is 0 Å². The number of nitrogens with zero attached hydrogens (tertiary/aromatic N) is 3. The summed E-state index contributed by atoms with van der Waals surface area (Å²) in [5, 5.41) is 3.06. The van der Waals surface area contributed by atoms with Crippen molar-refractivity contribution >= 4 is 45.9 Å². The van der Waals surface area contributed by atoms with E-state index >= 15 is 0 Å². The van der Waals surface area contributed by atoms with Crippen molar-refractivity contribution in [3.05, 3.63) is 96.2 Å². The summed E-state index contributed by atoms with van der Waals surface area (Å²) in [5.41, 5.74) is 3.27. The summed E-state index contributed by atoms with van der Waals surface area (Å²) in [6.45, 7) is 0. The summed E-state index contributed by atoms with van der Waals surface area (Å²) < 4.78 is 63.2. The minimum absolute atomic E-state index is 0.0818. The summed E-state index contributed by atoms with van der Waals surface area (Å²) in [7, 11) is 1.83. The molecule has 0 amide bonds. The number of ether oxygens (including phenoxy) is 1. The van der Waals surface area contributed by atoms with E-state index in [4.69, 9.17) is 4.55 Å². The van der Waals surface area contributed by atoms with Crippen molar-refractivity contribution in [3.63, 3.8) is 0 Å². The van der Waals surface area contributed by atoms with Gasteiger partial charge in [0.15, 0.2) is 0 Å². The van der Waals surface area contributed by atoms with E-state index in [1.165, 1.54) is 24.3 Å². The molecule has 0 aliphatic heterocycles. The number of nitrogens with one attached hydrogen (secondary N) is 2. The topological polar surface area (TPSA) is 117 Å². The van der Waals surface area contributed by atoms with E-state index in [2.05, 4.69) is 24.7 Å². The van der Waals surface area contributed by atoms with Crippen LogP contribution in [0, 0.1) is 0 Å². The lowest BCUT2D eigenvalue weighted by Gasteiger charge is -2.19. The molecule has 208 valence electrons. The van der Waals surface area contributed by atoms with Gasteiger partial charge < -0.3 is 15.0 Å². The highest BCUT2D eigenvalue weighted by molar-refractivity contribution is 7.80. The Labute approximate surface area is 230 Å². The van der Waals surface area contributed by atoms with E-state index in [9.17, 15) is 22.2 Å². The van der Waals surface area contributed by atoms with Crippen molar-refractivity contribution in [2.24, 2.45) is 0 Å². The van der Waals surface area contributed by atoms with Gasteiger partial charge in [-0.3, -0.25) is 14.1 Å². The number of aromatic nitrogens is 2. The summed E-state index contributed by atoms with van der Waals surface area (Å²) in [6, 6.07) is 21.1. The van der Waals surface area contributed by atoms with Crippen LogP contribution in [0.5, 0.6) is 5.75 Å². The third-order valence-electron chi connectivity index (χ3n) is 5.59. The molecule has 0 saturated heterocycles. The minimum Gasteiger partial charge on any atom is -0.406 e. The summed E-state index contributed by atoms with van der Waals surface area (Å²) >= 11 is -2.19. The van der Waals surface area contributed by atoms with E-state index in [1.54, 1.807) is 36.5 Å². The Hall–Kier alpha value is -4.49.